The van der Waals surface area contributed by atoms with E-state index in [1.54, 1.807) is 37.3 Å². The maximum atomic E-state index is 13.1. The van der Waals surface area contributed by atoms with Crippen LogP contribution in [-0.4, -0.2) is 42.4 Å². The van der Waals surface area contributed by atoms with E-state index >= 15 is 0 Å². The number of hydrogen-bond acceptors (Lipinski definition) is 7. The van der Waals surface area contributed by atoms with Gasteiger partial charge in [0, 0.05) is 25.2 Å². The van der Waals surface area contributed by atoms with Gasteiger partial charge >= 0.3 is 0 Å². The van der Waals surface area contributed by atoms with Gasteiger partial charge in [0.25, 0.3) is 15.9 Å². The van der Waals surface area contributed by atoms with Crippen LogP contribution in [0.1, 0.15) is 18.1 Å². The number of anilines is 1. The summed E-state index contributed by atoms with van der Waals surface area (Å²) in [5.74, 6) is 1.36. The molecule has 0 bridgehead atoms. The van der Waals surface area contributed by atoms with E-state index in [4.69, 9.17) is 18.9 Å². The van der Waals surface area contributed by atoms with E-state index in [-0.39, 0.29) is 18.2 Å². The molecule has 2 aliphatic heterocycles. The van der Waals surface area contributed by atoms with Crippen molar-refractivity contribution < 1.29 is 32.2 Å². The smallest absolute Gasteiger partial charge is 0.269 e. The summed E-state index contributed by atoms with van der Waals surface area (Å²) < 4.78 is 48.6. The Hall–Kier alpha value is -3.40. The number of carbonyl (C=O) groups excluding carboxylic acids is 1. The Morgan fingerprint density at radius 3 is 2.48 bits per heavy atom. The molecule has 1 N–H and O–H groups in total. The molecule has 2 aromatic rings. The van der Waals surface area contributed by atoms with Gasteiger partial charge < -0.3 is 24.3 Å². The van der Waals surface area contributed by atoms with Crippen LogP contribution in [0.15, 0.2) is 35.2 Å². The fourth-order valence-electron chi connectivity index (χ4n) is 3.61. The molecule has 31 heavy (non-hydrogen) atoms. The first-order chi connectivity index (χ1) is 14.8. The third-order valence-electron chi connectivity index (χ3n) is 5.30. The van der Waals surface area contributed by atoms with Crippen LogP contribution < -0.4 is 28.6 Å². The number of nitrogens with zero attached hydrogens (tertiary/aromatic N) is 1. The van der Waals surface area contributed by atoms with Crippen molar-refractivity contribution in [3.8, 4) is 23.0 Å². The summed E-state index contributed by atoms with van der Waals surface area (Å²) in [4.78, 5) is 12.7. The number of fused-ring (bicyclic) bond motifs is 2. The lowest BCUT2D eigenvalue weighted by molar-refractivity contribution is -0.117. The van der Waals surface area contributed by atoms with E-state index in [1.807, 2.05) is 0 Å². The second-order valence-corrected chi connectivity index (χ2v) is 8.93. The molecule has 0 aliphatic carbocycles. The van der Waals surface area contributed by atoms with E-state index < -0.39 is 15.9 Å². The van der Waals surface area contributed by atoms with Crippen LogP contribution in [0.2, 0.25) is 0 Å². The zero-order valence-corrected chi connectivity index (χ0v) is 18.3. The van der Waals surface area contributed by atoms with Crippen LogP contribution in [0.5, 0.6) is 23.0 Å². The van der Waals surface area contributed by atoms with Crippen LogP contribution >= 0.6 is 0 Å². The Balaban J connectivity index is 1.68. The van der Waals surface area contributed by atoms with Crippen molar-refractivity contribution in [1.82, 2.24) is 5.32 Å². The first kappa shape index (κ1) is 20.9. The van der Waals surface area contributed by atoms with E-state index in [9.17, 15) is 13.2 Å². The van der Waals surface area contributed by atoms with Crippen molar-refractivity contribution in [1.29, 1.82) is 0 Å². The van der Waals surface area contributed by atoms with Crippen LogP contribution in [0.4, 0.5) is 5.69 Å². The number of benzene rings is 2. The number of ether oxygens (including phenoxy) is 4. The number of methoxy groups -OCH3 is 2. The van der Waals surface area contributed by atoms with E-state index in [1.165, 1.54) is 21.3 Å². The molecule has 0 radical (unpaired) electrons. The molecule has 1 amide bonds. The lowest BCUT2D eigenvalue weighted by atomic mass is 10.0. The molecule has 2 heterocycles. The van der Waals surface area contributed by atoms with Gasteiger partial charge in [0.2, 0.25) is 6.79 Å². The average molecular weight is 446 g/mol. The number of carbonyl (C=O) groups is 1. The Bertz CT molecular complexity index is 1200. The second-order valence-electron chi connectivity index (χ2n) is 7.02. The molecular weight excluding hydrogens is 424 g/mol. The quantitative estimate of drug-likeness (QED) is 0.751. The minimum Gasteiger partial charge on any atom is -0.493 e. The molecule has 9 nitrogen and oxygen atoms in total. The first-order valence-corrected chi connectivity index (χ1v) is 10.8. The molecule has 0 saturated heterocycles. The number of sulfonamides is 1. The van der Waals surface area contributed by atoms with Crippen molar-refractivity contribution in [2.45, 2.75) is 13.5 Å². The van der Waals surface area contributed by atoms with Gasteiger partial charge in [-0.3, -0.25) is 9.10 Å². The number of hydrogen-bond donors (Lipinski definition) is 1. The normalized spacial score (nSPS) is 16.1. The molecule has 0 spiro atoms. The SMILES string of the molecule is COc1cc2c(cc1OC)N(C)S(=O)(=O)C(C(=O)NCc1ccc3c(c1)OCO3)=C2C. The Morgan fingerprint density at radius 1 is 1.10 bits per heavy atom. The molecule has 10 heteroatoms. The topological polar surface area (TPSA) is 103 Å². The van der Waals surface area contributed by atoms with E-state index in [2.05, 4.69) is 5.32 Å². The van der Waals surface area contributed by atoms with Crippen LogP contribution in [0.25, 0.3) is 5.57 Å². The predicted octanol–water partition coefficient (Wildman–Crippen LogP) is 2.26. The largest absolute Gasteiger partial charge is 0.493 e. The van der Waals surface area contributed by atoms with Gasteiger partial charge in [0.1, 0.15) is 0 Å². The molecule has 4 rings (SSSR count). The minimum absolute atomic E-state index is 0.129. The monoisotopic (exact) mass is 446 g/mol. The summed E-state index contributed by atoms with van der Waals surface area (Å²) >= 11 is 0. The molecule has 2 aromatic carbocycles. The minimum atomic E-state index is -4.06. The van der Waals surface area contributed by atoms with Crippen molar-refractivity contribution in [3.63, 3.8) is 0 Å². The van der Waals surface area contributed by atoms with Crippen LogP contribution in [-0.2, 0) is 21.4 Å². The zero-order valence-electron chi connectivity index (χ0n) is 17.5. The van der Waals surface area contributed by atoms with Crippen LogP contribution in [0.3, 0.4) is 0 Å². The number of rotatable bonds is 5. The number of amides is 1. The highest BCUT2D eigenvalue weighted by Crippen LogP contribution is 2.44. The number of allylic oxidation sites excluding steroid dienone is 1. The summed E-state index contributed by atoms with van der Waals surface area (Å²) in [6, 6.07) is 8.52. The summed E-state index contributed by atoms with van der Waals surface area (Å²) in [5.41, 5.74) is 2.06. The van der Waals surface area contributed by atoms with Crippen molar-refractivity contribution in [2.75, 3.05) is 32.4 Å². The second kappa shape index (κ2) is 7.69. The third-order valence-corrected chi connectivity index (χ3v) is 7.23. The molecule has 0 saturated carbocycles. The highest BCUT2D eigenvalue weighted by atomic mass is 32.2. The Morgan fingerprint density at radius 2 is 1.77 bits per heavy atom. The summed E-state index contributed by atoms with van der Waals surface area (Å²) in [7, 11) is 0.301. The van der Waals surface area contributed by atoms with Gasteiger partial charge in [-0.15, -0.1) is 0 Å². The van der Waals surface area contributed by atoms with Gasteiger partial charge in [-0.05, 0) is 36.3 Å². The maximum Gasteiger partial charge on any atom is 0.269 e. The van der Waals surface area contributed by atoms with Crippen LogP contribution in [0, 0.1) is 0 Å². The molecule has 0 unspecified atom stereocenters. The zero-order chi connectivity index (χ0) is 22.3. The predicted molar refractivity (Wildman–Crippen MR) is 114 cm³/mol. The fraction of sp³-hybridized carbons (Fsp3) is 0.286. The maximum absolute atomic E-state index is 13.1. The lowest BCUT2D eigenvalue weighted by Crippen LogP contribution is -2.38. The fourth-order valence-corrected chi connectivity index (χ4v) is 5.10. The molecular formula is C21H22N2O7S. The standard InChI is InChI=1S/C21H22N2O7S/c1-12-14-8-17(27-3)18(28-4)9-15(14)23(2)31(25,26)20(12)21(24)22-10-13-5-6-16-19(7-13)30-11-29-16/h5-9H,10-11H2,1-4H3,(H,22,24). The Kier molecular flexibility index (Phi) is 5.18. The van der Waals surface area contributed by atoms with Gasteiger partial charge in [0.15, 0.2) is 27.9 Å². The summed E-state index contributed by atoms with van der Waals surface area (Å²) in [6.45, 7) is 1.88. The summed E-state index contributed by atoms with van der Waals surface area (Å²) in [5, 5.41) is 2.69. The van der Waals surface area contributed by atoms with Crippen molar-refractivity contribution in [2.24, 2.45) is 0 Å². The van der Waals surface area contributed by atoms with Crippen molar-refractivity contribution in [3.05, 3.63) is 46.4 Å². The van der Waals surface area contributed by atoms with E-state index in [0.29, 0.717) is 39.8 Å². The van der Waals surface area contributed by atoms with Gasteiger partial charge in [-0.2, -0.15) is 0 Å². The van der Waals surface area contributed by atoms with Gasteiger partial charge in [-0.1, -0.05) is 6.07 Å². The van der Waals surface area contributed by atoms with E-state index in [0.717, 1.165) is 9.87 Å². The highest BCUT2D eigenvalue weighted by Gasteiger charge is 2.38. The summed E-state index contributed by atoms with van der Waals surface area (Å²) in [6.07, 6.45) is 0. The number of nitrogens with one attached hydrogen (secondary N) is 1. The highest BCUT2D eigenvalue weighted by molar-refractivity contribution is 7.97. The first-order valence-electron chi connectivity index (χ1n) is 9.41. The van der Waals surface area contributed by atoms with Gasteiger partial charge in [0.05, 0.1) is 19.9 Å². The van der Waals surface area contributed by atoms with Crippen molar-refractivity contribution >= 4 is 27.2 Å². The molecule has 0 fully saturated rings. The molecule has 164 valence electrons. The molecule has 0 aromatic heterocycles. The van der Waals surface area contributed by atoms with Gasteiger partial charge in [-0.25, -0.2) is 8.42 Å². The average Bonchev–Trinajstić information content (AvgIpc) is 3.23. The Labute approximate surface area is 180 Å². The molecule has 0 atom stereocenters. The molecule has 2 aliphatic rings. The lowest BCUT2D eigenvalue weighted by Gasteiger charge is -2.30. The third kappa shape index (κ3) is 3.42.